The summed E-state index contributed by atoms with van der Waals surface area (Å²) in [5.41, 5.74) is 3.24. The number of para-hydroxylation sites is 1. The largest absolute Gasteiger partial charge is 0.481 e. The van der Waals surface area contributed by atoms with Crippen molar-refractivity contribution in [3.8, 4) is 5.75 Å². The van der Waals surface area contributed by atoms with Crippen LogP contribution in [0.15, 0.2) is 66.7 Å². The lowest BCUT2D eigenvalue weighted by molar-refractivity contribution is -0.215. The Morgan fingerprint density at radius 3 is 2.38 bits per heavy atom. The highest BCUT2D eigenvalue weighted by molar-refractivity contribution is 6.10. The third-order valence-corrected chi connectivity index (χ3v) is 10.3. The molecule has 2 heterocycles. The predicted octanol–water partition coefficient (Wildman–Crippen LogP) is 6.72. The molecule has 3 aliphatic rings. The fourth-order valence-corrected chi connectivity index (χ4v) is 7.53. The Balaban J connectivity index is 1.23. The van der Waals surface area contributed by atoms with E-state index in [1.54, 1.807) is 29.2 Å². The van der Waals surface area contributed by atoms with Crippen LogP contribution >= 0.6 is 0 Å². The number of nitrogens with zero attached hydrogens (tertiary/aromatic N) is 2. The second-order valence-corrected chi connectivity index (χ2v) is 14.6. The van der Waals surface area contributed by atoms with Crippen LogP contribution in [0.4, 0.5) is 21.0 Å². The minimum absolute atomic E-state index is 0.0713. The molecule has 2 fully saturated rings. The summed E-state index contributed by atoms with van der Waals surface area (Å²) in [6, 6.07) is 16.7. The van der Waals surface area contributed by atoms with Gasteiger partial charge in [0.1, 0.15) is 11.6 Å². The molecule has 0 aromatic heterocycles. The van der Waals surface area contributed by atoms with E-state index < -0.39 is 53.9 Å². The highest BCUT2D eigenvalue weighted by Gasteiger charge is 2.59. The van der Waals surface area contributed by atoms with E-state index in [-0.39, 0.29) is 18.9 Å². The van der Waals surface area contributed by atoms with Crippen LogP contribution in [-0.2, 0) is 32.2 Å². The molecule has 13 heteroatoms. The van der Waals surface area contributed by atoms with Crippen LogP contribution < -0.4 is 20.8 Å². The maximum atomic E-state index is 14.6. The third kappa shape index (κ3) is 8.30. The normalized spacial score (nSPS) is 17.6. The summed E-state index contributed by atoms with van der Waals surface area (Å²) >= 11 is 0. The Morgan fingerprint density at radius 1 is 0.943 bits per heavy atom. The number of aryl methyl sites for hydroxylation is 1. The van der Waals surface area contributed by atoms with Gasteiger partial charge >= 0.3 is 18.0 Å². The monoisotopic (exact) mass is 725 g/mol. The maximum absolute atomic E-state index is 14.6. The number of rotatable bonds is 12. The molecule has 1 spiro atoms. The number of nitrogens with one attached hydrogen (secondary N) is 3. The van der Waals surface area contributed by atoms with E-state index >= 15 is 0 Å². The molecule has 0 radical (unpaired) electrons. The fourth-order valence-electron chi connectivity index (χ4n) is 7.53. The number of hydrogen-bond acceptors (Lipinski definition) is 7. The summed E-state index contributed by atoms with van der Waals surface area (Å²) in [7, 11) is 0. The molecule has 3 aromatic carbocycles. The predicted molar refractivity (Wildman–Crippen MR) is 197 cm³/mol. The Hall–Kier alpha value is -5.43. The van der Waals surface area contributed by atoms with E-state index in [1.165, 1.54) is 0 Å². The van der Waals surface area contributed by atoms with E-state index in [0.717, 1.165) is 40.9 Å². The summed E-state index contributed by atoms with van der Waals surface area (Å²) in [6.45, 7) is 6.25. The molecule has 4 N–H and O–H groups in total. The van der Waals surface area contributed by atoms with Gasteiger partial charge in [-0.25, -0.2) is 14.5 Å². The number of carbonyl (C=O) groups excluding carboxylic acids is 4. The lowest BCUT2D eigenvalue weighted by atomic mass is 9.80. The third-order valence-electron chi connectivity index (χ3n) is 10.3. The quantitative estimate of drug-likeness (QED) is 0.118. The molecule has 53 heavy (non-hydrogen) atoms. The van der Waals surface area contributed by atoms with E-state index in [2.05, 4.69) is 16.0 Å². The van der Waals surface area contributed by atoms with Gasteiger partial charge in [0.25, 0.3) is 5.91 Å². The number of anilines is 2. The summed E-state index contributed by atoms with van der Waals surface area (Å²) < 4.78 is 0. The van der Waals surface area contributed by atoms with Crippen molar-refractivity contribution in [2.75, 3.05) is 17.2 Å². The van der Waals surface area contributed by atoms with Crippen molar-refractivity contribution in [3.05, 3.63) is 89.0 Å². The number of amides is 6. The number of fused-ring (bicyclic) bond motifs is 1. The van der Waals surface area contributed by atoms with Crippen molar-refractivity contribution < 1.29 is 38.9 Å². The first-order valence-corrected chi connectivity index (χ1v) is 18.3. The van der Waals surface area contributed by atoms with E-state index in [0.29, 0.717) is 48.6 Å². The zero-order valence-corrected chi connectivity index (χ0v) is 30.4. The maximum Gasteiger partial charge on any atom is 0.328 e. The Morgan fingerprint density at radius 2 is 1.68 bits per heavy atom. The van der Waals surface area contributed by atoms with Crippen LogP contribution in [0.2, 0.25) is 0 Å². The molecule has 3 aromatic rings. The Labute approximate surface area is 308 Å². The van der Waals surface area contributed by atoms with Gasteiger partial charge < -0.3 is 30.8 Å². The first-order chi connectivity index (χ1) is 25.4. The molecular weight excluding hydrogens is 678 g/mol. The minimum Gasteiger partial charge on any atom is -0.481 e. The van der Waals surface area contributed by atoms with Crippen LogP contribution in [0, 0.1) is 12.8 Å². The number of aliphatic carboxylic acids is 1. The summed E-state index contributed by atoms with van der Waals surface area (Å²) in [6.07, 6.45) is 3.80. The number of benzene rings is 3. The Bertz CT molecular complexity index is 1860. The molecule has 2 aliphatic heterocycles. The van der Waals surface area contributed by atoms with Crippen LogP contribution in [0.3, 0.4) is 0 Å². The highest BCUT2D eigenvalue weighted by Crippen LogP contribution is 2.43. The van der Waals surface area contributed by atoms with Crippen LogP contribution in [-0.4, -0.2) is 62.9 Å². The van der Waals surface area contributed by atoms with Crippen molar-refractivity contribution in [1.82, 2.24) is 15.1 Å². The van der Waals surface area contributed by atoms with Gasteiger partial charge in [-0.2, -0.15) is 4.89 Å². The minimum atomic E-state index is -1.16. The van der Waals surface area contributed by atoms with E-state index in [1.807, 2.05) is 63.2 Å². The molecule has 6 rings (SSSR count). The number of carbonyl (C=O) groups is 5. The van der Waals surface area contributed by atoms with Crippen LogP contribution in [0.5, 0.6) is 5.75 Å². The van der Waals surface area contributed by atoms with Gasteiger partial charge in [0.05, 0.1) is 19.1 Å². The molecule has 6 amide bonds. The van der Waals surface area contributed by atoms with Gasteiger partial charge in [0, 0.05) is 29.9 Å². The van der Waals surface area contributed by atoms with Gasteiger partial charge in [-0.3, -0.25) is 14.4 Å². The SMILES string of the molecule is Cc1ccccc1NC(=O)Nc1ccc(CN2C(=O)N([C@@H](CC(C)C)C(=O)N[C@@H](CC(=O)O)c3ccc4c(c3)OOCC4)C(=O)C23CCCCC3)cc1. The molecule has 280 valence electrons. The second-order valence-electron chi connectivity index (χ2n) is 14.6. The van der Waals surface area contributed by atoms with Gasteiger partial charge in [-0.1, -0.05) is 75.6 Å². The molecule has 0 bridgehead atoms. The van der Waals surface area contributed by atoms with E-state index in [4.69, 9.17) is 9.78 Å². The highest BCUT2D eigenvalue weighted by atomic mass is 17.2. The summed E-state index contributed by atoms with van der Waals surface area (Å²) in [5.74, 6) is -1.75. The van der Waals surface area contributed by atoms with Crippen molar-refractivity contribution >= 4 is 41.2 Å². The second kappa shape index (κ2) is 16.1. The molecule has 0 unspecified atom stereocenters. The average molecular weight is 726 g/mol. The lowest BCUT2D eigenvalue weighted by Crippen LogP contribution is -2.53. The van der Waals surface area contributed by atoms with Gasteiger partial charge in [0.15, 0.2) is 5.75 Å². The van der Waals surface area contributed by atoms with Crippen molar-refractivity contribution in [1.29, 1.82) is 0 Å². The van der Waals surface area contributed by atoms with Gasteiger partial charge in [0.2, 0.25) is 5.91 Å². The number of urea groups is 2. The molecule has 1 aliphatic carbocycles. The summed E-state index contributed by atoms with van der Waals surface area (Å²) in [4.78, 5) is 81.1. The van der Waals surface area contributed by atoms with Crippen LogP contribution in [0.25, 0.3) is 0 Å². The number of imide groups is 1. The zero-order chi connectivity index (χ0) is 37.7. The molecule has 13 nitrogen and oxygen atoms in total. The first kappa shape index (κ1) is 37.3. The zero-order valence-electron chi connectivity index (χ0n) is 30.4. The van der Waals surface area contributed by atoms with Crippen molar-refractivity contribution in [3.63, 3.8) is 0 Å². The molecular formula is C40H47N5O8. The molecule has 1 saturated carbocycles. The first-order valence-electron chi connectivity index (χ1n) is 18.3. The molecule has 1 saturated heterocycles. The smallest absolute Gasteiger partial charge is 0.328 e. The van der Waals surface area contributed by atoms with Crippen LogP contribution in [0.1, 0.15) is 87.1 Å². The molecule has 2 atom stereocenters. The topological polar surface area (TPSA) is 167 Å². The van der Waals surface area contributed by atoms with Crippen molar-refractivity contribution in [2.45, 2.75) is 96.3 Å². The Kier molecular flexibility index (Phi) is 11.3. The van der Waals surface area contributed by atoms with Crippen molar-refractivity contribution in [2.24, 2.45) is 5.92 Å². The number of carboxylic acid groups (broad SMARTS) is 1. The van der Waals surface area contributed by atoms with Gasteiger partial charge in [-0.15, -0.1) is 0 Å². The standard InChI is InChI=1S/C40H47N5O8/c1-25(2)21-33(36(48)42-32(23-35(46)47)29-14-13-28-17-20-52-53-34(28)22-29)45-37(49)40(18-7-4-8-19-40)44(39(45)51)24-27-11-15-30(16-12-27)41-38(50)43-31-10-6-5-9-26(31)3/h5-6,9-16,22,25,32-33H,4,7-8,17-21,23-24H2,1-3H3,(H,42,48)(H,46,47)(H2,41,43,50)/t32-,33-/m0/s1. The summed E-state index contributed by atoms with van der Waals surface area (Å²) in [5, 5.41) is 18.3. The fraction of sp³-hybridized carbons (Fsp3) is 0.425. The van der Waals surface area contributed by atoms with Gasteiger partial charge in [-0.05, 0) is 73.1 Å². The number of carboxylic acids is 1. The average Bonchev–Trinajstić information content (AvgIpc) is 3.32. The number of hydrogen-bond donors (Lipinski definition) is 4. The lowest BCUT2D eigenvalue weighted by Gasteiger charge is -2.38. The van der Waals surface area contributed by atoms with E-state index in [9.17, 15) is 29.1 Å².